The smallest absolute Gasteiger partial charge is 0.0953 e. The van der Waals surface area contributed by atoms with Gasteiger partial charge in [0.25, 0.3) is 0 Å². The van der Waals surface area contributed by atoms with Crippen LogP contribution in [0.3, 0.4) is 0 Å². The molecular formula is C14H18N2O. The van der Waals surface area contributed by atoms with E-state index in [1.165, 1.54) is 5.56 Å². The summed E-state index contributed by atoms with van der Waals surface area (Å²) in [5, 5.41) is 3.46. The summed E-state index contributed by atoms with van der Waals surface area (Å²) >= 11 is 0. The molecule has 2 aromatic heterocycles. The van der Waals surface area contributed by atoms with Crippen molar-refractivity contribution in [2.45, 2.75) is 26.8 Å². The SMILES string of the molecule is CCNC(c1ccoc1)c1ccc(C)nc1C. The average Bonchev–Trinajstić information content (AvgIpc) is 2.80. The number of aryl methyl sites for hydroxylation is 2. The summed E-state index contributed by atoms with van der Waals surface area (Å²) in [4.78, 5) is 4.52. The molecule has 0 aliphatic heterocycles. The lowest BCUT2D eigenvalue weighted by Gasteiger charge is -2.18. The number of nitrogens with zero attached hydrogens (tertiary/aromatic N) is 1. The molecule has 90 valence electrons. The van der Waals surface area contributed by atoms with Crippen molar-refractivity contribution in [3.63, 3.8) is 0 Å². The summed E-state index contributed by atoms with van der Waals surface area (Å²) in [5.74, 6) is 0. The van der Waals surface area contributed by atoms with Gasteiger partial charge in [0.15, 0.2) is 0 Å². The number of furan rings is 1. The van der Waals surface area contributed by atoms with Crippen LogP contribution in [0.2, 0.25) is 0 Å². The molecule has 1 N–H and O–H groups in total. The Kier molecular flexibility index (Phi) is 3.59. The Morgan fingerprint density at radius 2 is 2.12 bits per heavy atom. The fourth-order valence-electron chi connectivity index (χ4n) is 2.05. The van der Waals surface area contributed by atoms with Gasteiger partial charge in [0.05, 0.1) is 18.6 Å². The van der Waals surface area contributed by atoms with E-state index in [0.29, 0.717) is 0 Å². The first-order chi connectivity index (χ1) is 8.22. The van der Waals surface area contributed by atoms with Crippen LogP contribution in [-0.2, 0) is 0 Å². The van der Waals surface area contributed by atoms with Crippen molar-refractivity contribution in [2.24, 2.45) is 0 Å². The van der Waals surface area contributed by atoms with Crippen molar-refractivity contribution in [3.05, 3.63) is 53.2 Å². The predicted octanol–water partition coefficient (Wildman–Crippen LogP) is 2.99. The Labute approximate surface area is 102 Å². The van der Waals surface area contributed by atoms with Gasteiger partial charge >= 0.3 is 0 Å². The first kappa shape index (κ1) is 11.9. The Morgan fingerprint density at radius 3 is 2.71 bits per heavy atom. The molecule has 0 radical (unpaired) electrons. The molecule has 0 saturated heterocycles. The minimum absolute atomic E-state index is 0.159. The maximum Gasteiger partial charge on any atom is 0.0953 e. The van der Waals surface area contributed by atoms with Crippen molar-refractivity contribution < 1.29 is 4.42 Å². The van der Waals surface area contributed by atoms with Gasteiger partial charge in [-0.1, -0.05) is 13.0 Å². The quantitative estimate of drug-likeness (QED) is 0.877. The van der Waals surface area contributed by atoms with Gasteiger partial charge in [-0.15, -0.1) is 0 Å². The molecule has 2 rings (SSSR count). The summed E-state index contributed by atoms with van der Waals surface area (Å²) in [7, 11) is 0. The zero-order valence-electron chi connectivity index (χ0n) is 10.5. The minimum atomic E-state index is 0.159. The molecule has 1 atom stereocenters. The van der Waals surface area contributed by atoms with Gasteiger partial charge in [-0.2, -0.15) is 0 Å². The highest BCUT2D eigenvalue weighted by molar-refractivity contribution is 5.33. The molecule has 0 saturated carbocycles. The van der Waals surface area contributed by atoms with Crippen LogP contribution < -0.4 is 5.32 Å². The second-order valence-electron chi connectivity index (χ2n) is 4.17. The third-order valence-corrected chi connectivity index (χ3v) is 2.86. The van der Waals surface area contributed by atoms with Crippen molar-refractivity contribution in [2.75, 3.05) is 6.54 Å². The lowest BCUT2D eigenvalue weighted by Crippen LogP contribution is -2.22. The molecule has 3 nitrogen and oxygen atoms in total. The van der Waals surface area contributed by atoms with E-state index in [-0.39, 0.29) is 6.04 Å². The first-order valence-corrected chi connectivity index (χ1v) is 5.92. The normalized spacial score (nSPS) is 12.6. The number of pyridine rings is 1. The third-order valence-electron chi connectivity index (χ3n) is 2.86. The van der Waals surface area contributed by atoms with E-state index in [4.69, 9.17) is 4.42 Å². The Bertz CT molecular complexity index is 477. The fraction of sp³-hybridized carbons (Fsp3) is 0.357. The molecule has 2 heterocycles. The van der Waals surface area contributed by atoms with E-state index in [2.05, 4.69) is 23.3 Å². The van der Waals surface area contributed by atoms with E-state index in [9.17, 15) is 0 Å². The number of rotatable bonds is 4. The monoisotopic (exact) mass is 230 g/mol. The molecule has 0 aliphatic carbocycles. The van der Waals surface area contributed by atoms with Crippen molar-refractivity contribution in [1.29, 1.82) is 0 Å². The van der Waals surface area contributed by atoms with Crippen molar-refractivity contribution in [1.82, 2.24) is 10.3 Å². The molecule has 0 aromatic carbocycles. The van der Waals surface area contributed by atoms with Crippen LogP contribution in [0.25, 0.3) is 0 Å². The molecule has 0 fully saturated rings. The van der Waals surface area contributed by atoms with Crippen LogP contribution in [0, 0.1) is 13.8 Å². The van der Waals surface area contributed by atoms with Crippen LogP contribution in [0.5, 0.6) is 0 Å². The summed E-state index contributed by atoms with van der Waals surface area (Å²) < 4.78 is 5.17. The van der Waals surface area contributed by atoms with Crippen LogP contribution >= 0.6 is 0 Å². The van der Waals surface area contributed by atoms with Crippen molar-refractivity contribution >= 4 is 0 Å². The van der Waals surface area contributed by atoms with Crippen LogP contribution in [0.4, 0.5) is 0 Å². The molecule has 0 bridgehead atoms. The lowest BCUT2D eigenvalue weighted by atomic mass is 9.99. The van der Waals surface area contributed by atoms with Crippen molar-refractivity contribution in [3.8, 4) is 0 Å². The number of aromatic nitrogens is 1. The van der Waals surface area contributed by atoms with Gasteiger partial charge in [-0.3, -0.25) is 4.98 Å². The highest BCUT2D eigenvalue weighted by atomic mass is 16.3. The largest absolute Gasteiger partial charge is 0.472 e. The van der Waals surface area contributed by atoms with Gasteiger partial charge in [0, 0.05) is 17.0 Å². The molecule has 0 aliphatic rings. The Balaban J connectivity index is 2.39. The topological polar surface area (TPSA) is 38.1 Å². The minimum Gasteiger partial charge on any atom is -0.472 e. The molecule has 2 aromatic rings. The van der Waals surface area contributed by atoms with Gasteiger partial charge < -0.3 is 9.73 Å². The molecule has 1 unspecified atom stereocenters. The van der Waals surface area contributed by atoms with Gasteiger partial charge in [-0.25, -0.2) is 0 Å². The van der Waals surface area contributed by atoms with Crippen LogP contribution in [0.1, 0.15) is 35.5 Å². The molecule has 3 heteroatoms. The maximum atomic E-state index is 5.17. The van der Waals surface area contributed by atoms with Gasteiger partial charge in [0.2, 0.25) is 0 Å². The second kappa shape index (κ2) is 5.15. The van der Waals surface area contributed by atoms with E-state index >= 15 is 0 Å². The molecular weight excluding hydrogens is 212 g/mol. The Morgan fingerprint density at radius 1 is 1.29 bits per heavy atom. The standard InChI is InChI=1S/C14H18N2O/c1-4-15-14(12-7-8-17-9-12)13-6-5-10(2)16-11(13)3/h5-9,14-15H,4H2,1-3H3. The van der Waals surface area contributed by atoms with Gasteiger partial charge in [0.1, 0.15) is 0 Å². The summed E-state index contributed by atoms with van der Waals surface area (Å²) in [6.45, 7) is 7.07. The van der Waals surface area contributed by atoms with E-state index in [1.807, 2.05) is 26.0 Å². The summed E-state index contributed by atoms with van der Waals surface area (Å²) in [5.41, 5.74) is 4.46. The predicted molar refractivity (Wildman–Crippen MR) is 67.9 cm³/mol. The van der Waals surface area contributed by atoms with Gasteiger partial charge in [-0.05, 0) is 38.1 Å². The first-order valence-electron chi connectivity index (χ1n) is 5.92. The lowest BCUT2D eigenvalue weighted by molar-refractivity contribution is 0.552. The average molecular weight is 230 g/mol. The van der Waals surface area contributed by atoms with E-state index in [1.54, 1.807) is 12.5 Å². The third kappa shape index (κ3) is 2.56. The molecule has 0 amide bonds. The Hall–Kier alpha value is -1.61. The molecule has 17 heavy (non-hydrogen) atoms. The maximum absolute atomic E-state index is 5.17. The molecule has 0 spiro atoms. The highest BCUT2D eigenvalue weighted by Crippen LogP contribution is 2.24. The fourth-order valence-corrected chi connectivity index (χ4v) is 2.05. The second-order valence-corrected chi connectivity index (χ2v) is 4.17. The summed E-state index contributed by atoms with van der Waals surface area (Å²) in [6, 6.07) is 6.34. The van der Waals surface area contributed by atoms with Crippen LogP contribution in [0.15, 0.2) is 35.1 Å². The van der Waals surface area contributed by atoms with E-state index < -0.39 is 0 Å². The zero-order valence-corrected chi connectivity index (χ0v) is 10.5. The summed E-state index contributed by atoms with van der Waals surface area (Å²) in [6.07, 6.45) is 3.49. The number of nitrogens with one attached hydrogen (secondary N) is 1. The number of hydrogen-bond donors (Lipinski definition) is 1. The number of hydrogen-bond acceptors (Lipinski definition) is 3. The van der Waals surface area contributed by atoms with Crippen LogP contribution in [-0.4, -0.2) is 11.5 Å². The zero-order chi connectivity index (χ0) is 12.3. The highest BCUT2D eigenvalue weighted by Gasteiger charge is 2.16. The van der Waals surface area contributed by atoms with E-state index in [0.717, 1.165) is 23.5 Å².